The van der Waals surface area contributed by atoms with Crippen LogP contribution >= 0.6 is 0 Å². The summed E-state index contributed by atoms with van der Waals surface area (Å²) in [4.78, 5) is 0. The highest BCUT2D eigenvalue weighted by molar-refractivity contribution is 7.91. The lowest BCUT2D eigenvalue weighted by molar-refractivity contribution is 0.291. The second-order valence-corrected chi connectivity index (χ2v) is 8.22. The predicted octanol–water partition coefficient (Wildman–Crippen LogP) is 2.89. The molecule has 1 rings (SSSR count). The van der Waals surface area contributed by atoms with Gasteiger partial charge in [-0.3, -0.25) is 0 Å². The molecule has 2 N–H and O–H groups in total. The van der Waals surface area contributed by atoms with Gasteiger partial charge in [0, 0.05) is 12.3 Å². The molecule has 0 aromatic rings. The van der Waals surface area contributed by atoms with Gasteiger partial charge in [0.2, 0.25) is 0 Å². The molecule has 0 aliphatic heterocycles. The summed E-state index contributed by atoms with van der Waals surface area (Å²) in [5.74, 6) is 0.417. The third-order valence-electron chi connectivity index (χ3n) is 4.27. The van der Waals surface area contributed by atoms with Crippen LogP contribution in [0.3, 0.4) is 0 Å². The van der Waals surface area contributed by atoms with Crippen molar-refractivity contribution in [1.29, 1.82) is 0 Å². The summed E-state index contributed by atoms with van der Waals surface area (Å²) in [7, 11) is -2.88. The molecule has 18 heavy (non-hydrogen) atoms. The van der Waals surface area contributed by atoms with Crippen molar-refractivity contribution in [2.75, 3.05) is 6.26 Å². The highest BCUT2D eigenvalue weighted by Gasteiger charge is 2.31. The van der Waals surface area contributed by atoms with E-state index in [1.807, 2.05) is 0 Å². The molecule has 0 aromatic carbocycles. The minimum absolute atomic E-state index is 0.141. The molecule has 0 bridgehead atoms. The van der Waals surface area contributed by atoms with Crippen molar-refractivity contribution in [1.82, 2.24) is 0 Å². The molecule has 0 spiro atoms. The molecule has 0 saturated heterocycles. The van der Waals surface area contributed by atoms with Crippen molar-refractivity contribution in [3.8, 4) is 0 Å². The summed E-state index contributed by atoms with van der Waals surface area (Å²) in [6, 6.07) is 0.200. The summed E-state index contributed by atoms with van der Waals surface area (Å²) < 4.78 is 23.2. The van der Waals surface area contributed by atoms with Gasteiger partial charge in [0.1, 0.15) is 9.84 Å². The number of hydrogen-bond acceptors (Lipinski definition) is 3. The quantitative estimate of drug-likeness (QED) is 0.727. The fourth-order valence-electron chi connectivity index (χ4n) is 3.00. The molecule has 1 aliphatic carbocycles. The monoisotopic (exact) mass is 275 g/mol. The van der Waals surface area contributed by atoms with E-state index in [1.165, 1.54) is 31.9 Å². The van der Waals surface area contributed by atoms with E-state index in [9.17, 15) is 8.42 Å². The van der Waals surface area contributed by atoms with E-state index in [-0.39, 0.29) is 11.3 Å². The number of hydrogen-bond donors (Lipinski definition) is 1. The summed E-state index contributed by atoms with van der Waals surface area (Å²) >= 11 is 0. The number of sulfone groups is 1. The van der Waals surface area contributed by atoms with Crippen LogP contribution in [0.25, 0.3) is 0 Å². The normalized spacial score (nSPS) is 27.1. The topological polar surface area (TPSA) is 60.2 Å². The van der Waals surface area contributed by atoms with Crippen LogP contribution in [0.15, 0.2) is 0 Å². The van der Waals surface area contributed by atoms with Gasteiger partial charge < -0.3 is 5.73 Å². The molecule has 4 heteroatoms. The maximum Gasteiger partial charge on any atom is 0.150 e. The third kappa shape index (κ3) is 5.27. The van der Waals surface area contributed by atoms with E-state index in [1.54, 1.807) is 0 Å². The van der Waals surface area contributed by atoms with Crippen LogP contribution in [0, 0.1) is 5.92 Å². The standard InChI is InChI=1S/C14H29NO2S/c1-3-4-5-6-10-14(15)12-8-7-9-13(11-12)18(2,16)17/h12-14H,3-11,15H2,1-2H3. The van der Waals surface area contributed by atoms with Crippen LogP contribution in [0.5, 0.6) is 0 Å². The lowest BCUT2D eigenvalue weighted by Crippen LogP contribution is -2.37. The largest absolute Gasteiger partial charge is 0.327 e. The number of nitrogens with two attached hydrogens (primary N) is 1. The van der Waals surface area contributed by atoms with Gasteiger partial charge in [0.25, 0.3) is 0 Å². The lowest BCUT2D eigenvalue weighted by Gasteiger charge is -2.32. The highest BCUT2D eigenvalue weighted by Crippen LogP contribution is 2.31. The van der Waals surface area contributed by atoms with Crippen LogP contribution in [0.4, 0.5) is 0 Å². The van der Waals surface area contributed by atoms with E-state index in [0.717, 1.165) is 32.1 Å². The molecule has 1 aliphatic rings. The van der Waals surface area contributed by atoms with Gasteiger partial charge >= 0.3 is 0 Å². The van der Waals surface area contributed by atoms with Crippen molar-refractivity contribution in [3.05, 3.63) is 0 Å². The fourth-order valence-corrected chi connectivity index (χ4v) is 4.19. The van der Waals surface area contributed by atoms with Gasteiger partial charge in [-0.15, -0.1) is 0 Å². The summed E-state index contributed by atoms with van der Waals surface area (Å²) in [5, 5.41) is -0.141. The molecule has 1 fully saturated rings. The minimum atomic E-state index is -2.88. The molecular weight excluding hydrogens is 246 g/mol. The first-order valence-electron chi connectivity index (χ1n) is 7.39. The Bertz CT molecular complexity index is 327. The van der Waals surface area contributed by atoms with Gasteiger partial charge in [-0.05, 0) is 31.6 Å². The van der Waals surface area contributed by atoms with Crippen molar-refractivity contribution in [3.63, 3.8) is 0 Å². The van der Waals surface area contributed by atoms with E-state index in [4.69, 9.17) is 5.73 Å². The van der Waals surface area contributed by atoms with Crippen LogP contribution in [0.2, 0.25) is 0 Å². The van der Waals surface area contributed by atoms with E-state index < -0.39 is 9.84 Å². The van der Waals surface area contributed by atoms with Crippen LogP contribution < -0.4 is 5.73 Å². The summed E-state index contributed by atoms with van der Waals surface area (Å²) in [5.41, 5.74) is 6.24. The van der Waals surface area contributed by atoms with E-state index in [2.05, 4.69) is 6.92 Å². The van der Waals surface area contributed by atoms with Gasteiger partial charge in [-0.2, -0.15) is 0 Å². The van der Waals surface area contributed by atoms with Gasteiger partial charge in [0.05, 0.1) is 5.25 Å². The Morgan fingerprint density at radius 3 is 2.56 bits per heavy atom. The fraction of sp³-hybridized carbons (Fsp3) is 1.00. The molecule has 0 heterocycles. The third-order valence-corrected chi connectivity index (χ3v) is 5.91. The molecule has 0 amide bonds. The van der Waals surface area contributed by atoms with E-state index >= 15 is 0 Å². The van der Waals surface area contributed by atoms with E-state index in [0.29, 0.717) is 5.92 Å². The average Bonchev–Trinajstić information content (AvgIpc) is 2.33. The SMILES string of the molecule is CCCCCCC(N)C1CCCC(S(C)(=O)=O)C1. The molecule has 1 saturated carbocycles. The Labute approximate surface area is 112 Å². The maximum absolute atomic E-state index is 11.6. The Hall–Kier alpha value is -0.0900. The zero-order chi connectivity index (χ0) is 13.6. The Kier molecular flexibility index (Phi) is 6.64. The molecule has 0 aromatic heterocycles. The number of rotatable bonds is 7. The summed E-state index contributed by atoms with van der Waals surface area (Å²) in [6.07, 6.45) is 11.1. The second-order valence-electron chi connectivity index (χ2n) is 5.89. The molecule has 3 nitrogen and oxygen atoms in total. The Morgan fingerprint density at radius 1 is 1.22 bits per heavy atom. The zero-order valence-corrected chi connectivity index (χ0v) is 12.7. The maximum atomic E-state index is 11.6. The van der Waals surface area contributed by atoms with Crippen molar-refractivity contribution in [2.24, 2.45) is 11.7 Å². The molecule has 108 valence electrons. The van der Waals surface area contributed by atoms with Crippen molar-refractivity contribution < 1.29 is 8.42 Å². The lowest BCUT2D eigenvalue weighted by atomic mass is 9.82. The molecule has 3 unspecified atom stereocenters. The van der Waals surface area contributed by atoms with Crippen LogP contribution in [-0.2, 0) is 9.84 Å². The molecular formula is C14H29NO2S. The minimum Gasteiger partial charge on any atom is -0.327 e. The van der Waals surface area contributed by atoms with Gasteiger partial charge in [0.15, 0.2) is 0 Å². The number of unbranched alkanes of at least 4 members (excludes halogenated alkanes) is 3. The Morgan fingerprint density at radius 2 is 1.94 bits per heavy atom. The smallest absolute Gasteiger partial charge is 0.150 e. The van der Waals surface area contributed by atoms with Crippen molar-refractivity contribution >= 4 is 9.84 Å². The highest BCUT2D eigenvalue weighted by atomic mass is 32.2. The first kappa shape index (κ1) is 16.0. The zero-order valence-electron chi connectivity index (χ0n) is 11.9. The van der Waals surface area contributed by atoms with Gasteiger partial charge in [-0.25, -0.2) is 8.42 Å². The Balaban J connectivity index is 2.36. The molecule has 3 atom stereocenters. The first-order valence-corrected chi connectivity index (χ1v) is 9.35. The second kappa shape index (κ2) is 7.49. The van der Waals surface area contributed by atoms with Crippen LogP contribution in [0.1, 0.15) is 64.7 Å². The van der Waals surface area contributed by atoms with Crippen LogP contribution in [-0.4, -0.2) is 26.0 Å². The first-order chi connectivity index (χ1) is 8.45. The van der Waals surface area contributed by atoms with Gasteiger partial charge in [-0.1, -0.05) is 39.0 Å². The summed E-state index contributed by atoms with van der Waals surface area (Å²) in [6.45, 7) is 2.21. The predicted molar refractivity (Wildman–Crippen MR) is 77.3 cm³/mol. The molecule has 0 radical (unpaired) electrons. The van der Waals surface area contributed by atoms with Crippen molar-refractivity contribution in [2.45, 2.75) is 76.0 Å². The average molecular weight is 275 g/mol.